The first kappa shape index (κ1) is 27.6. The molecule has 1 aliphatic heterocycles. The third kappa shape index (κ3) is 6.00. The van der Waals surface area contributed by atoms with Gasteiger partial charge in [-0.15, -0.1) is 0 Å². The van der Waals surface area contributed by atoms with E-state index in [1.54, 1.807) is 30.1 Å². The Hall–Kier alpha value is -2.46. The normalized spacial score (nSPS) is 14.6. The van der Waals surface area contributed by atoms with Crippen LogP contribution in [0.5, 0.6) is 0 Å². The molecule has 0 aromatic heterocycles. The van der Waals surface area contributed by atoms with Crippen molar-refractivity contribution in [3.05, 3.63) is 92.2 Å². The zero-order chi connectivity index (χ0) is 26.9. The largest absolute Gasteiger partial charge is 0.369 e. The molecule has 0 atom stereocenters. The lowest BCUT2D eigenvalue weighted by molar-refractivity contribution is 0.0784. The summed E-state index contributed by atoms with van der Waals surface area (Å²) < 4.78 is 42.6. The number of carbonyl (C=O) groups excluding carboxylic acids is 1. The first-order chi connectivity index (χ1) is 17.5. The predicted molar refractivity (Wildman–Crippen MR) is 148 cm³/mol. The summed E-state index contributed by atoms with van der Waals surface area (Å²) in [5.41, 5.74) is 4.25. The zero-order valence-electron chi connectivity index (χ0n) is 20.8. The minimum absolute atomic E-state index is 0.0692. The smallest absolute Gasteiger partial charge is 0.253 e. The van der Waals surface area contributed by atoms with Gasteiger partial charge in [0.15, 0.2) is 0 Å². The Kier molecular flexibility index (Phi) is 8.28. The molecule has 3 aromatic carbocycles. The Morgan fingerprint density at radius 1 is 1.00 bits per heavy atom. The van der Waals surface area contributed by atoms with Crippen LogP contribution in [0.15, 0.2) is 64.0 Å². The molecule has 0 unspecified atom stereocenters. The van der Waals surface area contributed by atoms with E-state index in [1.165, 1.54) is 28.6 Å². The second-order valence-corrected chi connectivity index (χ2v) is 12.4. The summed E-state index contributed by atoms with van der Waals surface area (Å²) >= 11 is 9.82. The average Bonchev–Trinajstić information content (AvgIpc) is 2.86. The van der Waals surface area contributed by atoms with Crippen LogP contribution in [0.3, 0.4) is 0 Å². The number of rotatable bonds is 6. The van der Waals surface area contributed by atoms with Crippen molar-refractivity contribution in [3.8, 4) is 0 Å². The van der Waals surface area contributed by atoms with Crippen LogP contribution in [0, 0.1) is 19.7 Å². The molecular formula is C27H28BrClFN3O3S. The fraction of sp³-hybridized carbons (Fsp3) is 0.296. The lowest BCUT2D eigenvalue weighted by Crippen LogP contribution is -2.48. The summed E-state index contributed by atoms with van der Waals surface area (Å²) in [6.07, 6.45) is 0. The first-order valence-electron chi connectivity index (χ1n) is 11.8. The average molecular weight is 609 g/mol. The van der Waals surface area contributed by atoms with Crippen LogP contribution in [0.1, 0.15) is 27.0 Å². The van der Waals surface area contributed by atoms with Gasteiger partial charge in [-0.25, -0.2) is 12.8 Å². The highest BCUT2D eigenvalue weighted by atomic mass is 79.9. The van der Waals surface area contributed by atoms with E-state index in [1.807, 2.05) is 30.9 Å². The van der Waals surface area contributed by atoms with Crippen molar-refractivity contribution >= 4 is 49.1 Å². The molecule has 0 bridgehead atoms. The van der Waals surface area contributed by atoms with E-state index < -0.39 is 10.0 Å². The Balaban J connectivity index is 1.51. The van der Waals surface area contributed by atoms with Crippen LogP contribution in [0.2, 0.25) is 5.02 Å². The third-order valence-corrected chi connectivity index (χ3v) is 9.47. The van der Waals surface area contributed by atoms with Crippen molar-refractivity contribution in [1.29, 1.82) is 0 Å². The highest BCUT2D eigenvalue weighted by molar-refractivity contribution is 9.10. The van der Waals surface area contributed by atoms with E-state index >= 15 is 0 Å². The Morgan fingerprint density at radius 3 is 2.19 bits per heavy atom. The van der Waals surface area contributed by atoms with Gasteiger partial charge in [-0.05, 0) is 85.1 Å². The number of anilines is 1. The maximum absolute atomic E-state index is 13.5. The number of amides is 1. The fourth-order valence-electron chi connectivity index (χ4n) is 4.53. The standard InChI is InChI=1S/C27H28BrClFN3O3S/c1-18-14-21(28)15-19(2)24(18)17-31(3)27(34)20-4-9-25(29)26(16-20)37(35,36)33-12-10-32(11-13-33)23-7-5-22(30)6-8-23/h4-9,14-16H,10-13,17H2,1-3H3. The SMILES string of the molecule is Cc1cc(Br)cc(C)c1CN(C)C(=O)c1ccc(Cl)c(S(=O)(=O)N2CCN(c3ccc(F)cc3)CC2)c1. The first-order valence-corrected chi connectivity index (χ1v) is 14.4. The highest BCUT2D eigenvalue weighted by Gasteiger charge is 2.31. The molecule has 1 aliphatic rings. The number of piperazine rings is 1. The zero-order valence-corrected chi connectivity index (χ0v) is 24.0. The van der Waals surface area contributed by atoms with Gasteiger partial charge in [0.05, 0.1) is 5.02 Å². The Morgan fingerprint density at radius 2 is 1.59 bits per heavy atom. The maximum atomic E-state index is 13.5. The van der Waals surface area contributed by atoms with Gasteiger partial charge < -0.3 is 9.80 Å². The highest BCUT2D eigenvalue weighted by Crippen LogP contribution is 2.29. The Labute approximate surface area is 230 Å². The van der Waals surface area contributed by atoms with Crippen LogP contribution in [-0.2, 0) is 16.6 Å². The number of nitrogens with zero attached hydrogens (tertiary/aromatic N) is 3. The fourth-order valence-corrected chi connectivity index (χ4v) is 7.14. The van der Waals surface area contributed by atoms with Gasteiger partial charge in [0.25, 0.3) is 5.91 Å². The number of hydrogen-bond acceptors (Lipinski definition) is 4. The summed E-state index contributed by atoms with van der Waals surface area (Å²) in [7, 11) is -2.23. The van der Waals surface area contributed by atoms with Gasteiger partial charge in [0, 0.05) is 55.5 Å². The van der Waals surface area contributed by atoms with Gasteiger partial charge in [0.2, 0.25) is 10.0 Å². The molecule has 6 nitrogen and oxygen atoms in total. The van der Waals surface area contributed by atoms with Crippen LogP contribution in [0.25, 0.3) is 0 Å². The van der Waals surface area contributed by atoms with Crippen molar-refractivity contribution in [3.63, 3.8) is 0 Å². The molecular weight excluding hydrogens is 581 g/mol. The van der Waals surface area contributed by atoms with Crippen LogP contribution >= 0.6 is 27.5 Å². The molecule has 1 amide bonds. The van der Waals surface area contributed by atoms with Crippen molar-refractivity contribution in [2.45, 2.75) is 25.3 Å². The number of benzene rings is 3. The van der Waals surface area contributed by atoms with Crippen molar-refractivity contribution in [2.75, 3.05) is 38.1 Å². The lowest BCUT2D eigenvalue weighted by atomic mass is 10.0. The lowest BCUT2D eigenvalue weighted by Gasteiger charge is -2.35. The molecule has 1 saturated heterocycles. The van der Waals surface area contributed by atoms with Crippen molar-refractivity contribution in [1.82, 2.24) is 9.21 Å². The summed E-state index contributed by atoms with van der Waals surface area (Å²) in [4.78, 5) is 16.8. The summed E-state index contributed by atoms with van der Waals surface area (Å²) in [5, 5.41) is 0.0692. The number of carbonyl (C=O) groups is 1. The quantitative estimate of drug-likeness (QED) is 0.363. The molecule has 4 rings (SSSR count). The van der Waals surface area contributed by atoms with Gasteiger partial charge in [-0.1, -0.05) is 27.5 Å². The van der Waals surface area contributed by atoms with E-state index in [0.29, 0.717) is 19.6 Å². The second-order valence-electron chi connectivity index (χ2n) is 9.19. The van der Waals surface area contributed by atoms with Crippen LogP contribution in [0.4, 0.5) is 10.1 Å². The molecule has 1 fully saturated rings. The third-order valence-electron chi connectivity index (χ3n) is 6.63. The van der Waals surface area contributed by atoms with Crippen LogP contribution in [-0.4, -0.2) is 56.8 Å². The molecule has 196 valence electrons. The minimum Gasteiger partial charge on any atom is -0.369 e. The van der Waals surface area contributed by atoms with E-state index in [-0.39, 0.29) is 40.3 Å². The topological polar surface area (TPSA) is 60.9 Å². The van der Waals surface area contributed by atoms with Crippen molar-refractivity contribution < 1.29 is 17.6 Å². The summed E-state index contributed by atoms with van der Waals surface area (Å²) in [6, 6.07) is 14.5. The molecule has 0 N–H and O–H groups in total. The minimum atomic E-state index is -3.93. The summed E-state index contributed by atoms with van der Waals surface area (Å²) in [5.74, 6) is -0.613. The summed E-state index contributed by atoms with van der Waals surface area (Å²) in [6.45, 7) is 5.78. The number of aryl methyl sites for hydroxylation is 2. The second kappa shape index (κ2) is 11.1. The van der Waals surface area contributed by atoms with E-state index in [4.69, 9.17) is 11.6 Å². The number of hydrogen-bond donors (Lipinski definition) is 0. The molecule has 10 heteroatoms. The predicted octanol–water partition coefficient (Wildman–Crippen LogP) is 5.64. The Bertz CT molecular complexity index is 1400. The molecule has 0 aliphatic carbocycles. The molecule has 37 heavy (non-hydrogen) atoms. The maximum Gasteiger partial charge on any atom is 0.253 e. The van der Waals surface area contributed by atoms with Gasteiger partial charge in [-0.3, -0.25) is 4.79 Å². The molecule has 1 heterocycles. The van der Waals surface area contributed by atoms with Crippen LogP contribution < -0.4 is 4.90 Å². The van der Waals surface area contributed by atoms with E-state index in [0.717, 1.165) is 26.9 Å². The molecule has 3 aromatic rings. The van der Waals surface area contributed by atoms with E-state index in [9.17, 15) is 17.6 Å². The van der Waals surface area contributed by atoms with Crippen molar-refractivity contribution in [2.24, 2.45) is 0 Å². The van der Waals surface area contributed by atoms with Gasteiger partial charge >= 0.3 is 0 Å². The molecule has 0 spiro atoms. The monoisotopic (exact) mass is 607 g/mol. The number of halogens is 3. The van der Waals surface area contributed by atoms with E-state index in [2.05, 4.69) is 15.9 Å². The number of sulfonamides is 1. The molecule has 0 radical (unpaired) electrons. The van der Waals surface area contributed by atoms with Gasteiger partial charge in [0.1, 0.15) is 10.7 Å². The molecule has 0 saturated carbocycles. The van der Waals surface area contributed by atoms with Gasteiger partial charge in [-0.2, -0.15) is 4.31 Å².